The molecule has 3 heteroatoms. The Morgan fingerprint density at radius 1 is 1.54 bits per heavy atom. The van der Waals surface area contributed by atoms with Gasteiger partial charge in [-0.05, 0) is 37.3 Å². The van der Waals surface area contributed by atoms with Gasteiger partial charge in [0, 0.05) is 4.90 Å². The summed E-state index contributed by atoms with van der Waals surface area (Å²) < 4.78 is 0. The van der Waals surface area contributed by atoms with E-state index in [1.807, 2.05) is 24.5 Å². The minimum absolute atomic E-state index is 0.309. The first-order valence-corrected chi connectivity index (χ1v) is 5.74. The summed E-state index contributed by atoms with van der Waals surface area (Å²) in [6.07, 6.45) is 2.35. The van der Waals surface area contributed by atoms with Crippen molar-refractivity contribution in [3.63, 3.8) is 0 Å². The molecule has 13 heavy (non-hydrogen) atoms. The van der Waals surface area contributed by atoms with E-state index < -0.39 is 0 Å². The van der Waals surface area contributed by atoms with Crippen LogP contribution in [0, 0.1) is 0 Å². The van der Waals surface area contributed by atoms with Crippen LogP contribution in [0.5, 0.6) is 0 Å². The zero-order valence-electron chi connectivity index (χ0n) is 7.75. The Kier molecular flexibility index (Phi) is 4.10. The molecule has 1 atom stereocenters. The number of halogens is 1. The first-order chi connectivity index (χ1) is 6.13. The monoisotopic (exact) mass is 216 g/mol. The van der Waals surface area contributed by atoms with E-state index >= 15 is 0 Å². The maximum Gasteiger partial charge on any atom is 0.0552 e. The average molecular weight is 217 g/mol. The van der Waals surface area contributed by atoms with E-state index in [2.05, 4.69) is 0 Å². The van der Waals surface area contributed by atoms with Gasteiger partial charge < -0.3 is 5.11 Å². The lowest BCUT2D eigenvalue weighted by Crippen LogP contribution is -2.03. The van der Waals surface area contributed by atoms with Crippen molar-refractivity contribution in [2.75, 3.05) is 6.26 Å². The molecule has 0 saturated heterocycles. The van der Waals surface area contributed by atoms with Gasteiger partial charge in [0.25, 0.3) is 0 Å². The third-order valence-corrected chi connectivity index (χ3v) is 2.97. The molecular weight excluding hydrogens is 204 g/mol. The number of benzene rings is 1. The third kappa shape index (κ3) is 3.22. The molecule has 0 radical (unpaired) electrons. The van der Waals surface area contributed by atoms with Gasteiger partial charge in [-0.25, -0.2) is 0 Å². The normalized spacial score (nSPS) is 12.9. The summed E-state index contributed by atoms with van der Waals surface area (Å²) in [4.78, 5) is 1.08. The summed E-state index contributed by atoms with van der Waals surface area (Å²) in [5.74, 6) is 0. The van der Waals surface area contributed by atoms with Crippen LogP contribution in [-0.4, -0.2) is 17.5 Å². The lowest BCUT2D eigenvalue weighted by molar-refractivity contribution is 0.195. The number of thioether (sulfide) groups is 1. The van der Waals surface area contributed by atoms with Gasteiger partial charge >= 0.3 is 0 Å². The van der Waals surface area contributed by atoms with Crippen LogP contribution >= 0.6 is 23.4 Å². The van der Waals surface area contributed by atoms with E-state index in [1.165, 1.54) is 0 Å². The zero-order valence-corrected chi connectivity index (χ0v) is 9.32. The molecule has 1 aromatic carbocycles. The molecule has 1 N–H and O–H groups in total. The van der Waals surface area contributed by atoms with Crippen LogP contribution in [0.15, 0.2) is 23.1 Å². The topological polar surface area (TPSA) is 20.2 Å². The van der Waals surface area contributed by atoms with E-state index in [1.54, 1.807) is 18.7 Å². The van der Waals surface area contributed by atoms with E-state index in [0.29, 0.717) is 6.42 Å². The second kappa shape index (κ2) is 4.89. The predicted molar refractivity (Wildman–Crippen MR) is 58.6 cm³/mol. The van der Waals surface area contributed by atoms with Crippen molar-refractivity contribution < 1.29 is 5.11 Å². The van der Waals surface area contributed by atoms with Crippen LogP contribution in [0.2, 0.25) is 5.02 Å². The highest BCUT2D eigenvalue weighted by Gasteiger charge is 2.02. The molecule has 0 aliphatic carbocycles. The zero-order chi connectivity index (χ0) is 9.84. The smallest absolute Gasteiger partial charge is 0.0552 e. The van der Waals surface area contributed by atoms with Crippen molar-refractivity contribution >= 4 is 23.4 Å². The molecule has 0 fully saturated rings. The maximum absolute atomic E-state index is 9.17. The molecule has 1 aromatic rings. The molecule has 1 unspecified atom stereocenters. The molecule has 0 aromatic heterocycles. The molecule has 0 aliphatic heterocycles. The van der Waals surface area contributed by atoms with Crippen molar-refractivity contribution in [3.05, 3.63) is 28.8 Å². The summed E-state index contributed by atoms with van der Waals surface area (Å²) >= 11 is 7.64. The van der Waals surface area contributed by atoms with Gasteiger partial charge in [-0.2, -0.15) is 0 Å². The number of aliphatic hydroxyl groups excluding tert-OH is 1. The average Bonchev–Trinajstić information content (AvgIpc) is 2.03. The molecule has 0 aliphatic rings. The second-order valence-corrected chi connectivity index (χ2v) is 4.28. The highest BCUT2D eigenvalue weighted by molar-refractivity contribution is 7.98. The van der Waals surface area contributed by atoms with Crippen LogP contribution in [0.4, 0.5) is 0 Å². The SMILES string of the molecule is CSc1ccc(CC(C)O)cc1Cl. The lowest BCUT2D eigenvalue weighted by atomic mass is 10.1. The predicted octanol–water partition coefficient (Wildman–Crippen LogP) is 2.99. The first-order valence-electron chi connectivity index (χ1n) is 4.14. The summed E-state index contributed by atoms with van der Waals surface area (Å²) in [5, 5.41) is 9.94. The van der Waals surface area contributed by atoms with Crippen molar-refractivity contribution in [2.45, 2.75) is 24.3 Å². The van der Waals surface area contributed by atoms with Crippen molar-refractivity contribution in [1.29, 1.82) is 0 Å². The van der Waals surface area contributed by atoms with Crippen LogP contribution in [0.3, 0.4) is 0 Å². The largest absolute Gasteiger partial charge is 0.393 e. The fourth-order valence-electron chi connectivity index (χ4n) is 1.18. The van der Waals surface area contributed by atoms with Gasteiger partial charge in [0.15, 0.2) is 0 Å². The molecule has 0 bridgehead atoms. The quantitative estimate of drug-likeness (QED) is 0.784. The fraction of sp³-hybridized carbons (Fsp3) is 0.400. The van der Waals surface area contributed by atoms with Crippen LogP contribution in [-0.2, 0) is 6.42 Å². The second-order valence-electron chi connectivity index (χ2n) is 3.02. The van der Waals surface area contributed by atoms with Crippen molar-refractivity contribution in [2.24, 2.45) is 0 Å². The highest BCUT2D eigenvalue weighted by Crippen LogP contribution is 2.26. The van der Waals surface area contributed by atoms with Crippen LogP contribution in [0.25, 0.3) is 0 Å². The minimum Gasteiger partial charge on any atom is -0.393 e. The Hall–Kier alpha value is -0.180. The van der Waals surface area contributed by atoms with Crippen LogP contribution < -0.4 is 0 Å². The molecule has 1 nitrogen and oxygen atoms in total. The van der Waals surface area contributed by atoms with Gasteiger partial charge in [0.2, 0.25) is 0 Å². The lowest BCUT2D eigenvalue weighted by Gasteiger charge is -2.06. The first kappa shape index (κ1) is 10.9. The standard InChI is InChI=1S/C10H13ClOS/c1-7(12)5-8-3-4-10(13-2)9(11)6-8/h3-4,6-7,12H,5H2,1-2H3. The summed E-state index contributed by atoms with van der Waals surface area (Å²) in [6.45, 7) is 1.77. The summed E-state index contributed by atoms with van der Waals surface area (Å²) in [6, 6.07) is 5.91. The third-order valence-electron chi connectivity index (χ3n) is 1.75. The van der Waals surface area contributed by atoms with Crippen LogP contribution in [0.1, 0.15) is 12.5 Å². The summed E-state index contributed by atoms with van der Waals surface area (Å²) in [7, 11) is 0. The number of hydrogen-bond acceptors (Lipinski definition) is 2. The van der Waals surface area contributed by atoms with Crippen molar-refractivity contribution in [3.8, 4) is 0 Å². The molecule has 0 spiro atoms. The Balaban J connectivity index is 2.83. The molecule has 72 valence electrons. The van der Waals surface area contributed by atoms with E-state index in [4.69, 9.17) is 11.6 Å². The number of aliphatic hydroxyl groups is 1. The molecule has 1 rings (SSSR count). The Bertz CT molecular complexity index is 286. The number of rotatable bonds is 3. The molecule has 0 amide bonds. The fourth-order valence-corrected chi connectivity index (χ4v) is 2.07. The molecule has 0 heterocycles. The highest BCUT2D eigenvalue weighted by atomic mass is 35.5. The Labute approximate surface area is 88.1 Å². The van der Waals surface area contributed by atoms with Crippen molar-refractivity contribution in [1.82, 2.24) is 0 Å². The van der Waals surface area contributed by atoms with E-state index in [0.717, 1.165) is 15.5 Å². The Morgan fingerprint density at radius 3 is 2.69 bits per heavy atom. The van der Waals surface area contributed by atoms with Gasteiger partial charge in [-0.3, -0.25) is 0 Å². The number of hydrogen-bond donors (Lipinski definition) is 1. The maximum atomic E-state index is 9.17. The summed E-state index contributed by atoms with van der Waals surface area (Å²) in [5.41, 5.74) is 1.08. The Morgan fingerprint density at radius 2 is 2.23 bits per heavy atom. The molecule has 0 saturated carbocycles. The van der Waals surface area contributed by atoms with Gasteiger partial charge in [-0.1, -0.05) is 17.7 Å². The van der Waals surface area contributed by atoms with Gasteiger partial charge in [0.1, 0.15) is 0 Å². The van der Waals surface area contributed by atoms with E-state index in [9.17, 15) is 5.11 Å². The molecular formula is C10H13ClOS. The van der Waals surface area contributed by atoms with Gasteiger partial charge in [0.05, 0.1) is 11.1 Å². The van der Waals surface area contributed by atoms with E-state index in [-0.39, 0.29) is 6.10 Å². The van der Waals surface area contributed by atoms with Gasteiger partial charge in [-0.15, -0.1) is 11.8 Å². The minimum atomic E-state index is -0.309.